The summed E-state index contributed by atoms with van der Waals surface area (Å²) < 4.78 is 11.3. The van der Waals surface area contributed by atoms with E-state index in [-0.39, 0.29) is 5.78 Å². The van der Waals surface area contributed by atoms with Crippen LogP contribution in [0.3, 0.4) is 0 Å². The van der Waals surface area contributed by atoms with Crippen molar-refractivity contribution in [1.29, 1.82) is 0 Å². The first-order valence-corrected chi connectivity index (χ1v) is 7.32. The zero-order chi connectivity index (χ0) is 14.2. The number of methoxy groups -OCH3 is 1. The highest BCUT2D eigenvalue weighted by Gasteiger charge is 2.41. The van der Waals surface area contributed by atoms with Crippen LogP contribution in [0.25, 0.3) is 11.0 Å². The number of Topliss-reactive ketones (excluding diaryl/α,β-unsaturated/α-hetero) is 1. The molecule has 0 saturated heterocycles. The maximum absolute atomic E-state index is 12.8. The quantitative estimate of drug-likeness (QED) is 0.775. The van der Waals surface area contributed by atoms with Gasteiger partial charge in [0.05, 0.1) is 5.02 Å². The standard InChI is InChI=1S/C16H17ClO3/c1-19-16(8-3-2-4-9-16)15(18)13-10-11-6-5-7-12(17)14(11)20-13/h5-7,10H,2-4,8-9H2,1H3. The molecule has 0 bridgehead atoms. The van der Waals surface area contributed by atoms with E-state index in [0.29, 0.717) is 16.4 Å². The summed E-state index contributed by atoms with van der Waals surface area (Å²) in [6, 6.07) is 7.26. The van der Waals surface area contributed by atoms with E-state index < -0.39 is 5.60 Å². The van der Waals surface area contributed by atoms with Crippen molar-refractivity contribution in [2.45, 2.75) is 37.7 Å². The molecule has 4 heteroatoms. The second kappa shape index (κ2) is 5.23. The van der Waals surface area contributed by atoms with Crippen LogP contribution in [0.15, 0.2) is 28.7 Å². The summed E-state index contributed by atoms with van der Waals surface area (Å²) in [6.07, 6.45) is 4.70. The van der Waals surface area contributed by atoms with Gasteiger partial charge in [-0.3, -0.25) is 4.79 Å². The van der Waals surface area contributed by atoms with E-state index >= 15 is 0 Å². The molecule has 0 spiro atoms. The number of furan rings is 1. The van der Waals surface area contributed by atoms with E-state index in [2.05, 4.69) is 0 Å². The third kappa shape index (κ3) is 2.15. The fraction of sp³-hybridized carbons (Fsp3) is 0.438. The van der Waals surface area contributed by atoms with Crippen LogP contribution in [0, 0.1) is 0 Å². The summed E-state index contributed by atoms with van der Waals surface area (Å²) in [7, 11) is 1.61. The number of ether oxygens (including phenoxy) is 1. The summed E-state index contributed by atoms with van der Waals surface area (Å²) in [6.45, 7) is 0. The van der Waals surface area contributed by atoms with Crippen molar-refractivity contribution >= 4 is 28.4 Å². The monoisotopic (exact) mass is 292 g/mol. The number of hydrogen-bond donors (Lipinski definition) is 0. The lowest BCUT2D eigenvalue weighted by atomic mass is 9.80. The molecule has 0 amide bonds. The van der Waals surface area contributed by atoms with Crippen LogP contribution in [0.1, 0.15) is 42.7 Å². The van der Waals surface area contributed by atoms with Gasteiger partial charge in [-0.05, 0) is 25.0 Å². The molecule has 1 saturated carbocycles. The average Bonchev–Trinajstić information content (AvgIpc) is 2.92. The Hall–Kier alpha value is -1.32. The summed E-state index contributed by atoms with van der Waals surface area (Å²) in [4.78, 5) is 12.8. The van der Waals surface area contributed by atoms with Gasteiger partial charge in [0.1, 0.15) is 5.60 Å². The molecule has 0 atom stereocenters. The van der Waals surface area contributed by atoms with E-state index in [0.717, 1.165) is 37.5 Å². The second-order valence-electron chi connectivity index (χ2n) is 5.36. The maximum Gasteiger partial charge on any atom is 0.229 e. The largest absolute Gasteiger partial charge is 0.451 e. The molecule has 0 N–H and O–H groups in total. The van der Waals surface area contributed by atoms with Gasteiger partial charge in [0, 0.05) is 12.5 Å². The number of ketones is 1. The fourth-order valence-corrected chi connectivity index (χ4v) is 3.23. The molecule has 1 heterocycles. The Kier molecular flexibility index (Phi) is 3.57. The van der Waals surface area contributed by atoms with Gasteiger partial charge < -0.3 is 9.15 Å². The van der Waals surface area contributed by atoms with Gasteiger partial charge in [0.15, 0.2) is 11.3 Å². The number of halogens is 1. The lowest BCUT2D eigenvalue weighted by Crippen LogP contribution is -2.42. The van der Waals surface area contributed by atoms with Gasteiger partial charge >= 0.3 is 0 Å². The van der Waals surface area contributed by atoms with Crippen LogP contribution in [0.2, 0.25) is 5.02 Å². The molecule has 1 aromatic heterocycles. The molecule has 1 fully saturated rings. The topological polar surface area (TPSA) is 39.4 Å². The zero-order valence-corrected chi connectivity index (χ0v) is 12.2. The Labute approximate surface area is 122 Å². The summed E-state index contributed by atoms with van der Waals surface area (Å²) in [5.74, 6) is 0.281. The molecule has 106 valence electrons. The predicted molar refractivity (Wildman–Crippen MR) is 78.4 cm³/mol. The van der Waals surface area contributed by atoms with Crippen LogP contribution in [-0.4, -0.2) is 18.5 Å². The number of carbonyl (C=O) groups excluding carboxylic acids is 1. The number of carbonyl (C=O) groups is 1. The van der Waals surface area contributed by atoms with Crippen LogP contribution in [0.5, 0.6) is 0 Å². The maximum atomic E-state index is 12.8. The van der Waals surface area contributed by atoms with Crippen molar-refractivity contribution in [2.75, 3.05) is 7.11 Å². The second-order valence-corrected chi connectivity index (χ2v) is 5.76. The van der Waals surface area contributed by atoms with Crippen LogP contribution in [-0.2, 0) is 4.74 Å². The van der Waals surface area contributed by atoms with Crippen LogP contribution < -0.4 is 0 Å². The van der Waals surface area contributed by atoms with E-state index in [1.54, 1.807) is 19.2 Å². The van der Waals surface area contributed by atoms with Crippen molar-refractivity contribution in [1.82, 2.24) is 0 Å². The zero-order valence-electron chi connectivity index (χ0n) is 11.4. The Morgan fingerprint density at radius 2 is 2.05 bits per heavy atom. The highest BCUT2D eigenvalue weighted by molar-refractivity contribution is 6.34. The Balaban J connectivity index is 2.01. The van der Waals surface area contributed by atoms with E-state index in [4.69, 9.17) is 20.8 Å². The van der Waals surface area contributed by atoms with Crippen LogP contribution in [0.4, 0.5) is 0 Å². The lowest BCUT2D eigenvalue weighted by molar-refractivity contribution is -0.0210. The third-order valence-corrected chi connectivity index (χ3v) is 4.48. The van der Waals surface area contributed by atoms with E-state index in [1.165, 1.54) is 0 Å². The van der Waals surface area contributed by atoms with E-state index in [1.807, 2.05) is 12.1 Å². The fourth-order valence-electron chi connectivity index (χ4n) is 3.01. The van der Waals surface area contributed by atoms with Crippen molar-refractivity contribution in [3.05, 3.63) is 35.0 Å². The lowest BCUT2D eigenvalue weighted by Gasteiger charge is -2.33. The molecule has 1 aromatic carbocycles. The minimum absolute atomic E-state index is 0.0630. The molecule has 0 unspecified atom stereocenters. The highest BCUT2D eigenvalue weighted by atomic mass is 35.5. The molecule has 0 radical (unpaired) electrons. The number of fused-ring (bicyclic) bond motifs is 1. The van der Waals surface area contributed by atoms with Gasteiger partial charge in [-0.15, -0.1) is 0 Å². The van der Waals surface area contributed by atoms with Crippen LogP contribution >= 0.6 is 11.6 Å². The molecule has 2 aromatic rings. The minimum atomic E-state index is -0.724. The summed E-state index contributed by atoms with van der Waals surface area (Å²) in [5.41, 5.74) is -0.155. The third-order valence-electron chi connectivity index (χ3n) is 4.19. The molecule has 1 aliphatic carbocycles. The SMILES string of the molecule is COC1(C(=O)c2cc3cccc(Cl)c3o2)CCCCC1. The number of hydrogen-bond acceptors (Lipinski definition) is 3. The molecular weight excluding hydrogens is 276 g/mol. The van der Waals surface area contributed by atoms with Gasteiger partial charge in [-0.1, -0.05) is 43.0 Å². The Bertz CT molecular complexity index is 638. The predicted octanol–water partition coefficient (Wildman–Crippen LogP) is 4.62. The number of benzene rings is 1. The Morgan fingerprint density at radius 1 is 1.30 bits per heavy atom. The first-order chi connectivity index (χ1) is 9.66. The van der Waals surface area contributed by atoms with Gasteiger partial charge in [0.25, 0.3) is 0 Å². The molecule has 20 heavy (non-hydrogen) atoms. The molecule has 0 aliphatic heterocycles. The first kappa shape index (κ1) is 13.7. The van der Waals surface area contributed by atoms with Gasteiger partial charge in [-0.25, -0.2) is 0 Å². The van der Waals surface area contributed by atoms with Crippen molar-refractivity contribution in [2.24, 2.45) is 0 Å². The average molecular weight is 293 g/mol. The highest BCUT2D eigenvalue weighted by Crippen LogP contribution is 2.36. The summed E-state index contributed by atoms with van der Waals surface area (Å²) in [5, 5.41) is 1.37. The summed E-state index contributed by atoms with van der Waals surface area (Å²) >= 11 is 6.09. The molecule has 1 aliphatic rings. The molecular formula is C16H17ClO3. The van der Waals surface area contributed by atoms with Crippen molar-refractivity contribution in [3.63, 3.8) is 0 Å². The number of para-hydroxylation sites is 1. The van der Waals surface area contributed by atoms with Crippen molar-refractivity contribution < 1.29 is 13.9 Å². The minimum Gasteiger partial charge on any atom is -0.451 e. The molecule has 3 rings (SSSR count). The van der Waals surface area contributed by atoms with Gasteiger partial charge in [-0.2, -0.15) is 0 Å². The van der Waals surface area contributed by atoms with E-state index in [9.17, 15) is 4.79 Å². The normalized spacial score (nSPS) is 18.3. The first-order valence-electron chi connectivity index (χ1n) is 6.94. The Morgan fingerprint density at radius 3 is 2.70 bits per heavy atom. The number of rotatable bonds is 3. The van der Waals surface area contributed by atoms with Crippen molar-refractivity contribution in [3.8, 4) is 0 Å². The van der Waals surface area contributed by atoms with Gasteiger partial charge in [0.2, 0.25) is 5.78 Å². The smallest absolute Gasteiger partial charge is 0.229 e. The molecule has 3 nitrogen and oxygen atoms in total.